The number of hydrogen-bond donors (Lipinski definition) is 2. The Balaban J connectivity index is 1.67. The molecular formula is C12H10N8S2. The maximum Gasteiger partial charge on any atom is 0.216 e. The van der Waals surface area contributed by atoms with Gasteiger partial charge in [0.1, 0.15) is 5.52 Å². The van der Waals surface area contributed by atoms with Crippen molar-refractivity contribution in [3.05, 3.63) is 23.8 Å². The number of nitrogens with zero attached hydrogens (tertiary/aromatic N) is 6. The summed E-state index contributed by atoms with van der Waals surface area (Å²) >= 11 is 2.85. The number of aryl methyl sites for hydroxylation is 1. The molecule has 4 aromatic heterocycles. The quantitative estimate of drug-likeness (QED) is 0.552. The molecule has 0 saturated carbocycles. The Bertz CT molecular complexity index is 940. The minimum absolute atomic E-state index is 0.349. The molecule has 0 bridgehead atoms. The number of hydrogen-bond acceptors (Lipinski definition) is 8. The SMILES string of the molecule is Cn1cnc2c(N)nc(Sc3n[nH]c(-c4cccs4)n3)nc21. The van der Waals surface area contributed by atoms with Crippen LogP contribution in [0.1, 0.15) is 0 Å². The summed E-state index contributed by atoms with van der Waals surface area (Å²) < 4.78 is 1.80. The normalized spacial score (nSPS) is 11.3. The highest BCUT2D eigenvalue weighted by Crippen LogP contribution is 2.27. The van der Waals surface area contributed by atoms with Gasteiger partial charge in [-0.25, -0.2) is 19.9 Å². The van der Waals surface area contributed by atoms with Crippen LogP contribution in [0.15, 0.2) is 34.2 Å². The van der Waals surface area contributed by atoms with E-state index >= 15 is 0 Å². The lowest BCUT2D eigenvalue weighted by atomic mass is 10.4. The van der Waals surface area contributed by atoms with Crippen molar-refractivity contribution in [3.8, 4) is 10.7 Å². The third-order valence-corrected chi connectivity index (χ3v) is 4.58. The van der Waals surface area contributed by atoms with Crippen LogP contribution in [0.2, 0.25) is 0 Å². The van der Waals surface area contributed by atoms with Crippen LogP contribution in [0.25, 0.3) is 21.9 Å². The van der Waals surface area contributed by atoms with E-state index in [1.807, 2.05) is 24.6 Å². The molecule has 4 aromatic rings. The first kappa shape index (κ1) is 13.2. The van der Waals surface area contributed by atoms with E-state index in [0.717, 1.165) is 10.7 Å². The Hall–Kier alpha value is -2.46. The molecule has 0 spiro atoms. The molecule has 0 aromatic carbocycles. The number of rotatable bonds is 3. The number of nitrogen functional groups attached to an aromatic ring is 1. The van der Waals surface area contributed by atoms with Gasteiger partial charge < -0.3 is 10.3 Å². The zero-order valence-electron chi connectivity index (χ0n) is 11.4. The third-order valence-electron chi connectivity index (χ3n) is 2.97. The van der Waals surface area contributed by atoms with E-state index in [2.05, 4.69) is 30.1 Å². The van der Waals surface area contributed by atoms with Crippen LogP contribution in [0.3, 0.4) is 0 Å². The highest BCUT2D eigenvalue weighted by atomic mass is 32.2. The fourth-order valence-corrected chi connectivity index (χ4v) is 3.28. The molecule has 0 amide bonds. The average Bonchev–Trinajstić information content (AvgIpc) is 3.20. The summed E-state index contributed by atoms with van der Waals surface area (Å²) in [7, 11) is 1.86. The first-order valence-electron chi connectivity index (χ1n) is 6.29. The molecule has 0 radical (unpaired) electrons. The molecule has 0 aliphatic carbocycles. The van der Waals surface area contributed by atoms with Crippen molar-refractivity contribution in [3.63, 3.8) is 0 Å². The van der Waals surface area contributed by atoms with Gasteiger partial charge in [-0.15, -0.1) is 16.4 Å². The first-order chi connectivity index (χ1) is 10.7. The summed E-state index contributed by atoms with van der Waals surface area (Å²) in [5, 5.41) is 10.1. The second kappa shape index (κ2) is 5.07. The fourth-order valence-electron chi connectivity index (χ4n) is 1.95. The topological polar surface area (TPSA) is 111 Å². The molecule has 110 valence electrons. The maximum atomic E-state index is 5.92. The van der Waals surface area contributed by atoms with E-state index in [1.54, 1.807) is 22.2 Å². The fraction of sp³-hybridized carbons (Fsp3) is 0.0833. The molecule has 0 fully saturated rings. The maximum absolute atomic E-state index is 5.92. The van der Waals surface area contributed by atoms with Gasteiger partial charge in [-0.3, -0.25) is 5.10 Å². The lowest BCUT2D eigenvalue weighted by Crippen LogP contribution is -1.98. The van der Waals surface area contributed by atoms with Gasteiger partial charge in [0.05, 0.1) is 11.2 Å². The van der Waals surface area contributed by atoms with Crippen molar-refractivity contribution in [2.75, 3.05) is 5.73 Å². The number of aromatic nitrogens is 7. The predicted molar refractivity (Wildman–Crippen MR) is 84.5 cm³/mol. The Morgan fingerprint density at radius 2 is 2.18 bits per heavy atom. The zero-order valence-corrected chi connectivity index (χ0v) is 13.0. The second-order valence-electron chi connectivity index (χ2n) is 4.47. The number of nitrogens with one attached hydrogen (secondary N) is 1. The Morgan fingerprint density at radius 1 is 1.27 bits per heavy atom. The minimum atomic E-state index is 0.349. The van der Waals surface area contributed by atoms with Gasteiger partial charge >= 0.3 is 0 Å². The van der Waals surface area contributed by atoms with Crippen LogP contribution in [-0.2, 0) is 7.05 Å². The van der Waals surface area contributed by atoms with Gasteiger partial charge in [-0.2, -0.15) is 0 Å². The number of nitrogens with two attached hydrogens (primary N) is 1. The van der Waals surface area contributed by atoms with Gasteiger partial charge in [0.15, 0.2) is 22.4 Å². The number of thiophene rings is 1. The van der Waals surface area contributed by atoms with Crippen molar-refractivity contribution < 1.29 is 0 Å². The van der Waals surface area contributed by atoms with Gasteiger partial charge in [0.25, 0.3) is 0 Å². The molecule has 0 atom stereocenters. The van der Waals surface area contributed by atoms with E-state index in [-0.39, 0.29) is 0 Å². The van der Waals surface area contributed by atoms with E-state index in [1.165, 1.54) is 11.8 Å². The van der Waals surface area contributed by atoms with Crippen molar-refractivity contribution in [2.24, 2.45) is 7.05 Å². The lowest BCUT2D eigenvalue weighted by molar-refractivity contribution is 0.897. The standard InChI is InChI=1S/C12H10N8S2/c1-20-5-14-7-8(13)15-11(17-10(7)20)22-12-16-9(18-19-12)6-3-2-4-21-6/h2-5H,1H3,(H2,13,15,17)(H,16,18,19). The number of H-pyrrole nitrogens is 1. The van der Waals surface area contributed by atoms with Gasteiger partial charge in [-0.1, -0.05) is 6.07 Å². The highest BCUT2D eigenvalue weighted by Gasteiger charge is 2.13. The Kier molecular flexibility index (Phi) is 3.05. The molecule has 4 heterocycles. The average molecular weight is 330 g/mol. The summed E-state index contributed by atoms with van der Waals surface area (Å²) in [6.45, 7) is 0. The molecule has 0 aliphatic rings. The van der Waals surface area contributed by atoms with E-state index in [9.17, 15) is 0 Å². The van der Waals surface area contributed by atoms with Crippen molar-refractivity contribution in [1.82, 2.24) is 34.7 Å². The largest absolute Gasteiger partial charge is 0.382 e. The number of fused-ring (bicyclic) bond motifs is 1. The Morgan fingerprint density at radius 3 is 3.00 bits per heavy atom. The number of imidazole rings is 1. The highest BCUT2D eigenvalue weighted by molar-refractivity contribution is 7.99. The van der Waals surface area contributed by atoms with Crippen LogP contribution in [-0.4, -0.2) is 34.7 Å². The summed E-state index contributed by atoms with van der Waals surface area (Å²) in [5.74, 6) is 1.08. The smallest absolute Gasteiger partial charge is 0.216 e. The van der Waals surface area contributed by atoms with Gasteiger partial charge in [-0.05, 0) is 23.2 Å². The van der Waals surface area contributed by atoms with Crippen molar-refractivity contribution >= 4 is 40.1 Å². The Labute approximate surface area is 132 Å². The summed E-state index contributed by atoms with van der Waals surface area (Å²) in [6.07, 6.45) is 1.66. The van der Waals surface area contributed by atoms with Crippen LogP contribution < -0.4 is 5.73 Å². The number of aromatic amines is 1. The molecular weight excluding hydrogens is 320 g/mol. The summed E-state index contributed by atoms with van der Waals surface area (Å²) in [6, 6.07) is 3.95. The molecule has 8 nitrogen and oxygen atoms in total. The zero-order chi connectivity index (χ0) is 15.1. The minimum Gasteiger partial charge on any atom is -0.382 e. The van der Waals surface area contributed by atoms with Crippen LogP contribution in [0.5, 0.6) is 0 Å². The predicted octanol–water partition coefficient (Wildman–Crippen LogP) is 1.94. The van der Waals surface area contributed by atoms with Crippen LogP contribution in [0, 0.1) is 0 Å². The molecule has 0 unspecified atom stereocenters. The van der Waals surface area contributed by atoms with E-state index in [0.29, 0.717) is 27.3 Å². The summed E-state index contributed by atoms with van der Waals surface area (Å²) in [5.41, 5.74) is 7.20. The van der Waals surface area contributed by atoms with Crippen molar-refractivity contribution in [1.29, 1.82) is 0 Å². The molecule has 10 heteroatoms. The monoisotopic (exact) mass is 330 g/mol. The lowest BCUT2D eigenvalue weighted by Gasteiger charge is -2.00. The molecule has 3 N–H and O–H groups in total. The van der Waals surface area contributed by atoms with E-state index in [4.69, 9.17) is 5.73 Å². The van der Waals surface area contributed by atoms with Crippen LogP contribution >= 0.6 is 23.1 Å². The van der Waals surface area contributed by atoms with E-state index < -0.39 is 0 Å². The first-order valence-corrected chi connectivity index (χ1v) is 7.99. The van der Waals surface area contributed by atoms with Crippen molar-refractivity contribution in [2.45, 2.75) is 10.3 Å². The third kappa shape index (κ3) is 2.22. The van der Waals surface area contributed by atoms with Crippen LogP contribution in [0.4, 0.5) is 5.82 Å². The summed E-state index contributed by atoms with van der Waals surface area (Å²) in [4.78, 5) is 18.3. The number of anilines is 1. The second-order valence-corrected chi connectivity index (χ2v) is 6.35. The molecule has 0 aliphatic heterocycles. The van der Waals surface area contributed by atoms with Gasteiger partial charge in [0.2, 0.25) is 5.16 Å². The van der Waals surface area contributed by atoms with Gasteiger partial charge in [0, 0.05) is 7.05 Å². The molecule has 0 saturated heterocycles. The molecule has 22 heavy (non-hydrogen) atoms. The molecule has 4 rings (SSSR count).